The zero-order chi connectivity index (χ0) is 9.97. The Morgan fingerprint density at radius 3 is 3.14 bits per heavy atom. The van der Waals surface area contributed by atoms with Crippen molar-refractivity contribution in [3.05, 3.63) is 24.7 Å². The van der Waals surface area contributed by atoms with Crippen molar-refractivity contribution >= 4 is 17.7 Å². The van der Waals surface area contributed by atoms with Crippen LogP contribution >= 0.6 is 0 Å². The van der Waals surface area contributed by atoms with E-state index in [1.165, 1.54) is 6.33 Å². The highest BCUT2D eigenvalue weighted by Gasteiger charge is 1.99. The maximum Gasteiger partial charge on any atom is 0.181 e. The molecule has 5 nitrogen and oxygen atoms in total. The van der Waals surface area contributed by atoms with E-state index in [0.29, 0.717) is 5.82 Å². The summed E-state index contributed by atoms with van der Waals surface area (Å²) in [4.78, 5) is 10.2. The van der Waals surface area contributed by atoms with E-state index in [4.69, 9.17) is 0 Å². The lowest BCUT2D eigenvalue weighted by Crippen LogP contribution is -2.07. The van der Waals surface area contributed by atoms with Crippen LogP contribution in [0.25, 0.3) is 5.52 Å². The molecule has 14 heavy (non-hydrogen) atoms. The highest BCUT2D eigenvalue weighted by molar-refractivity contribution is 5.70. The van der Waals surface area contributed by atoms with Crippen molar-refractivity contribution in [3.63, 3.8) is 0 Å². The zero-order valence-corrected chi connectivity index (χ0v) is 8.12. The summed E-state index contributed by atoms with van der Waals surface area (Å²) in [6.07, 6.45) is 5.08. The molecule has 0 unspecified atom stereocenters. The number of hydrogen-bond acceptors (Lipinski definition) is 3. The van der Waals surface area contributed by atoms with E-state index < -0.39 is 0 Å². The summed E-state index contributed by atoms with van der Waals surface area (Å²) in [5, 5.41) is 4.05. The van der Waals surface area contributed by atoms with Crippen molar-refractivity contribution in [2.75, 3.05) is 14.1 Å². The van der Waals surface area contributed by atoms with E-state index in [0.717, 1.165) is 5.52 Å². The molecule has 0 radical (unpaired) electrons. The molecule has 72 valence electrons. The summed E-state index contributed by atoms with van der Waals surface area (Å²) in [5.74, 6) is 0.679. The monoisotopic (exact) mass is 189 g/mol. The van der Waals surface area contributed by atoms with Crippen LogP contribution in [0, 0.1) is 0 Å². The molecule has 0 spiro atoms. The van der Waals surface area contributed by atoms with Gasteiger partial charge in [0, 0.05) is 20.3 Å². The molecular formula is C9H11N5. The molecular weight excluding hydrogens is 178 g/mol. The third-order valence-corrected chi connectivity index (χ3v) is 1.72. The molecule has 2 aromatic heterocycles. The third kappa shape index (κ3) is 1.56. The first-order valence-electron chi connectivity index (χ1n) is 4.26. The maximum atomic E-state index is 4.24. The van der Waals surface area contributed by atoms with Gasteiger partial charge in [0.15, 0.2) is 5.82 Å². The number of hydrogen-bond donors (Lipinski definition) is 0. The van der Waals surface area contributed by atoms with Gasteiger partial charge in [-0.2, -0.15) is 5.10 Å². The van der Waals surface area contributed by atoms with E-state index in [9.17, 15) is 0 Å². The average molecular weight is 189 g/mol. The molecule has 0 amide bonds. The molecule has 0 aliphatic heterocycles. The fraction of sp³-hybridized carbons (Fsp3) is 0.222. The lowest BCUT2D eigenvalue weighted by molar-refractivity contribution is 0.643. The van der Waals surface area contributed by atoms with Gasteiger partial charge < -0.3 is 4.90 Å². The van der Waals surface area contributed by atoms with Crippen molar-refractivity contribution in [2.45, 2.75) is 0 Å². The lowest BCUT2D eigenvalue weighted by atomic mass is 10.5. The average Bonchev–Trinajstić information content (AvgIpc) is 2.62. The van der Waals surface area contributed by atoms with Crippen LogP contribution in [-0.2, 0) is 0 Å². The molecule has 0 N–H and O–H groups in total. The topological polar surface area (TPSA) is 45.8 Å². The Morgan fingerprint density at radius 1 is 1.50 bits per heavy atom. The highest BCUT2D eigenvalue weighted by atomic mass is 15.2. The van der Waals surface area contributed by atoms with E-state index in [1.54, 1.807) is 10.9 Å². The van der Waals surface area contributed by atoms with Crippen molar-refractivity contribution in [2.24, 2.45) is 4.99 Å². The maximum absolute atomic E-state index is 4.24. The van der Waals surface area contributed by atoms with Crippen molar-refractivity contribution < 1.29 is 0 Å². The molecule has 0 saturated heterocycles. The molecule has 0 aromatic carbocycles. The fourth-order valence-electron chi connectivity index (χ4n) is 1.12. The molecule has 0 atom stereocenters. The van der Waals surface area contributed by atoms with E-state index in [-0.39, 0.29) is 0 Å². The minimum Gasteiger partial charge on any atom is -0.369 e. The van der Waals surface area contributed by atoms with Gasteiger partial charge in [-0.05, 0) is 12.1 Å². The number of fused-ring (bicyclic) bond motifs is 1. The third-order valence-electron chi connectivity index (χ3n) is 1.72. The van der Waals surface area contributed by atoms with Gasteiger partial charge in [0.1, 0.15) is 11.8 Å². The minimum atomic E-state index is 0.679. The van der Waals surface area contributed by atoms with Crippen LogP contribution in [0.5, 0.6) is 0 Å². The zero-order valence-electron chi connectivity index (χ0n) is 8.12. The van der Waals surface area contributed by atoms with Gasteiger partial charge in [0.05, 0.1) is 6.34 Å². The van der Waals surface area contributed by atoms with Crippen molar-refractivity contribution in [1.29, 1.82) is 0 Å². The predicted octanol–water partition coefficient (Wildman–Crippen LogP) is 0.951. The van der Waals surface area contributed by atoms with Crippen LogP contribution in [0.3, 0.4) is 0 Å². The molecule has 0 saturated carbocycles. The van der Waals surface area contributed by atoms with Crippen molar-refractivity contribution in [3.8, 4) is 0 Å². The summed E-state index contributed by atoms with van der Waals surface area (Å²) < 4.78 is 1.75. The number of aromatic nitrogens is 3. The standard InChI is InChI=1S/C9H11N5/c1-13(2)7-11-9-8-4-3-5-14(8)12-6-10-9/h3-7H,1-2H3. The second-order valence-electron chi connectivity index (χ2n) is 3.13. The van der Waals surface area contributed by atoms with Crippen LogP contribution in [0.1, 0.15) is 0 Å². The van der Waals surface area contributed by atoms with Crippen LogP contribution in [-0.4, -0.2) is 39.9 Å². The fourth-order valence-corrected chi connectivity index (χ4v) is 1.12. The van der Waals surface area contributed by atoms with Gasteiger partial charge >= 0.3 is 0 Å². The van der Waals surface area contributed by atoms with Gasteiger partial charge in [-0.1, -0.05) is 0 Å². The smallest absolute Gasteiger partial charge is 0.181 e. The number of nitrogens with zero attached hydrogens (tertiary/aromatic N) is 5. The molecule has 0 aliphatic rings. The molecule has 5 heteroatoms. The second-order valence-corrected chi connectivity index (χ2v) is 3.13. The van der Waals surface area contributed by atoms with Crippen LogP contribution in [0.2, 0.25) is 0 Å². The van der Waals surface area contributed by atoms with Gasteiger partial charge in [0.25, 0.3) is 0 Å². The lowest BCUT2D eigenvalue weighted by Gasteiger charge is -2.02. The SMILES string of the molecule is CN(C)C=Nc1ncnn2cccc12. The number of aliphatic imine (C=N–C) groups is 1. The van der Waals surface area contributed by atoms with E-state index >= 15 is 0 Å². The Labute approximate surface area is 81.7 Å². The summed E-state index contributed by atoms with van der Waals surface area (Å²) in [6.45, 7) is 0. The van der Waals surface area contributed by atoms with Gasteiger partial charge in [-0.15, -0.1) is 0 Å². The van der Waals surface area contributed by atoms with E-state index in [1.807, 2.05) is 37.3 Å². The predicted molar refractivity (Wildman–Crippen MR) is 54.8 cm³/mol. The Hall–Kier alpha value is -1.91. The Morgan fingerprint density at radius 2 is 2.36 bits per heavy atom. The summed E-state index contributed by atoms with van der Waals surface area (Å²) in [6, 6.07) is 3.85. The largest absolute Gasteiger partial charge is 0.369 e. The van der Waals surface area contributed by atoms with Crippen molar-refractivity contribution in [1.82, 2.24) is 19.5 Å². The first-order chi connectivity index (χ1) is 6.77. The van der Waals surface area contributed by atoms with Crippen LogP contribution < -0.4 is 0 Å². The summed E-state index contributed by atoms with van der Waals surface area (Å²) in [7, 11) is 3.83. The van der Waals surface area contributed by atoms with E-state index in [2.05, 4.69) is 15.1 Å². The van der Waals surface area contributed by atoms with Crippen LogP contribution in [0.4, 0.5) is 5.82 Å². The summed E-state index contributed by atoms with van der Waals surface area (Å²) >= 11 is 0. The van der Waals surface area contributed by atoms with Gasteiger partial charge in [-0.3, -0.25) is 0 Å². The normalized spacial score (nSPS) is 11.3. The second kappa shape index (κ2) is 3.45. The van der Waals surface area contributed by atoms with Gasteiger partial charge in [-0.25, -0.2) is 14.5 Å². The first-order valence-corrected chi connectivity index (χ1v) is 4.26. The summed E-state index contributed by atoms with van der Waals surface area (Å²) in [5.41, 5.74) is 0.908. The molecule has 2 rings (SSSR count). The highest BCUT2D eigenvalue weighted by Crippen LogP contribution is 2.14. The quantitative estimate of drug-likeness (QED) is 0.522. The first kappa shape index (κ1) is 8.68. The minimum absolute atomic E-state index is 0.679. The Bertz CT molecular complexity index is 457. The molecule has 2 aromatic rings. The Kier molecular flexibility index (Phi) is 2.14. The Balaban J connectivity index is 2.46. The number of rotatable bonds is 2. The molecule has 0 bridgehead atoms. The van der Waals surface area contributed by atoms with Crippen LogP contribution in [0.15, 0.2) is 29.6 Å². The van der Waals surface area contributed by atoms with Gasteiger partial charge in [0.2, 0.25) is 0 Å². The molecule has 2 heterocycles. The molecule has 0 aliphatic carbocycles. The molecule has 0 fully saturated rings.